The fraction of sp³-hybridized carbons (Fsp3) is 0.296. The number of nitrogens with two attached hydrogens (primary N) is 1. The highest BCUT2D eigenvalue weighted by Gasteiger charge is 2.64. The molecule has 39 heavy (non-hydrogen) atoms. The van der Waals surface area contributed by atoms with Gasteiger partial charge in [0, 0.05) is 23.6 Å². The standard InChI is InChI=1S/C27H25N3O9/c1-29(2)21-16-10-12-9-15-14(11-3-5-13(6-4-11)30(38)39)7-8-17(31)19(15)22(32)18(12)24(34)27(16,37)25(35)20(23(21)33)26(28)36/h3-8,12,16,21,31-32,35,37H,9-10H2,1-2H3,(H2,28,36)/t12-,16-,21-,27-/m1/s1. The molecule has 2 aromatic rings. The first-order valence-corrected chi connectivity index (χ1v) is 12.0. The van der Waals surface area contributed by atoms with Crippen molar-refractivity contribution in [3.05, 3.63) is 74.5 Å². The molecular formula is C27H25N3O9. The molecule has 0 heterocycles. The lowest BCUT2D eigenvalue weighted by Gasteiger charge is -2.50. The molecule has 0 unspecified atom stereocenters. The van der Waals surface area contributed by atoms with Gasteiger partial charge in [-0.05, 0) is 67.7 Å². The summed E-state index contributed by atoms with van der Waals surface area (Å²) in [6.07, 6.45) is 0.0659. The van der Waals surface area contributed by atoms with Crippen LogP contribution in [-0.4, -0.2) is 73.5 Å². The Labute approximate surface area is 221 Å². The number of Topliss-reactive ketones (excluding diaryl/α,β-unsaturated/α-hetero) is 2. The van der Waals surface area contributed by atoms with Crippen molar-refractivity contribution in [2.75, 3.05) is 14.1 Å². The zero-order valence-electron chi connectivity index (χ0n) is 20.9. The molecule has 0 saturated heterocycles. The molecule has 0 radical (unpaired) electrons. The van der Waals surface area contributed by atoms with E-state index in [1.165, 1.54) is 49.3 Å². The number of benzene rings is 2. The van der Waals surface area contributed by atoms with Crippen LogP contribution in [0.5, 0.6) is 5.75 Å². The predicted octanol–water partition coefficient (Wildman–Crippen LogP) is 1.54. The molecule has 2 aromatic carbocycles. The normalized spacial score (nSPS) is 26.3. The summed E-state index contributed by atoms with van der Waals surface area (Å²) in [5, 5.41) is 55.6. The van der Waals surface area contributed by atoms with Gasteiger partial charge in [-0.1, -0.05) is 6.07 Å². The number of hydrogen-bond acceptors (Lipinski definition) is 10. The molecule has 4 atom stereocenters. The molecular weight excluding hydrogens is 510 g/mol. The van der Waals surface area contributed by atoms with E-state index in [0.717, 1.165) is 0 Å². The number of phenolic OH excluding ortho intramolecular Hbond substituents is 1. The van der Waals surface area contributed by atoms with E-state index in [2.05, 4.69) is 0 Å². The fourth-order valence-corrected chi connectivity index (χ4v) is 6.28. The highest BCUT2D eigenvalue weighted by atomic mass is 16.6. The van der Waals surface area contributed by atoms with Crippen molar-refractivity contribution in [2.24, 2.45) is 17.6 Å². The Morgan fingerprint density at radius 2 is 1.74 bits per heavy atom. The number of rotatable bonds is 4. The maximum absolute atomic E-state index is 13.9. The predicted molar refractivity (Wildman–Crippen MR) is 136 cm³/mol. The second kappa shape index (κ2) is 8.75. The van der Waals surface area contributed by atoms with Gasteiger partial charge in [-0.3, -0.25) is 29.4 Å². The van der Waals surface area contributed by atoms with Crippen LogP contribution in [-0.2, 0) is 20.8 Å². The minimum atomic E-state index is -2.71. The first kappa shape index (κ1) is 26.1. The third-order valence-corrected chi connectivity index (χ3v) is 7.99. The number of aliphatic hydroxyl groups excluding tert-OH is 2. The molecule has 3 aliphatic carbocycles. The van der Waals surface area contributed by atoms with Gasteiger partial charge in [0.15, 0.2) is 11.4 Å². The van der Waals surface area contributed by atoms with E-state index in [9.17, 15) is 44.9 Å². The highest BCUT2D eigenvalue weighted by Crippen LogP contribution is 2.53. The van der Waals surface area contributed by atoms with Crippen LogP contribution in [0.4, 0.5) is 5.69 Å². The van der Waals surface area contributed by atoms with Crippen molar-refractivity contribution < 1.29 is 39.7 Å². The second-order valence-corrected chi connectivity index (χ2v) is 10.3. The van der Waals surface area contributed by atoms with Crippen molar-refractivity contribution in [3.63, 3.8) is 0 Å². The number of likely N-dealkylation sites (N-methyl/N-ethyl adjacent to an activating group) is 1. The van der Waals surface area contributed by atoms with Gasteiger partial charge in [-0.15, -0.1) is 0 Å². The topological polar surface area (TPSA) is 205 Å². The summed E-state index contributed by atoms with van der Waals surface area (Å²) in [5.41, 5.74) is 2.91. The lowest BCUT2D eigenvalue weighted by molar-refractivity contribution is -0.384. The van der Waals surface area contributed by atoms with Crippen LogP contribution >= 0.6 is 0 Å². The summed E-state index contributed by atoms with van der Waals surface area (Å²) in [4.78, 5) is 51.1. The van der Waals surface area contributed by atoms with Gasteiger partial charge in [-0.25, -0.2) is 0 Å². The Bertz CT molecular complexity index is 1540. The van der Waals surface area contributed by atoms with Crippen molar-refractivity contribution in [1.29, 1.82) is 0 Å². The molecule has 0 bridgehead atoms. The first-order chi connectivity index (χ1) is 18.3. The van der Waals surface area contributed by atoms with Crippen LogP contribution in [0.3, 0.4) is 0 Å². The van der Waals surface area contributed by atoms with Crippen molar-refractivity contribution in [2.45, 2.75) is 24.5 Å². The number of phenols is 1. The first-order valence-electron chi connectivity index (χ1n) is 12.0. The molecule has 1 saturated carbocycles. The molecule has 0 aromatic heterocycles. The number of aromatic hydroxyl groups is 1. The number of hydrogen-bond donors (Lipinski definition) is 5. The number of nitro benzene ring substituents is 1. The number of aliphatic hydroxyl groups is 3. The van der Waals surface area contributed by atoms with E-state index in [1.54, 1.807) is 6.07 Å². The number of fused-ring (bicyclic) bond motifs is 3. The summed E-state index contributed by atoms with van der Waals surface area (Å²) in [6, 6.07) is 7.42. The van der Waals surface area contributed by atoms with Gasteiger partial charge >= 0.3 is 0 Å². The van der Waals surface area contributed by atoms with Crippen molar-refractivity contribution in [1.82, 2.24) is 4.90 Å². The number of nitrogens with zero attached hydrogens (tertiary/aromatic N) is 2. The largest absolute Gasteiger partial charge is 0.508 e. The lowest BCUT2D eigenvalue weighted by atomic mass is 9.57. The van der Waals surface area contributed by atoms with Crippen LogP contribution in [0.25, 0.3) is 16.9 Å². The van der Waals surface area contributed by atoms with E-state index in [1.807, 2.05) is 0 Å². The zero-order chi connectivity index (χ0) is 28.5. The van der Waals surface area contributed by atoms with Crippen LogP contribution in [0, 0.1) is 22.0 Å². The molecule has 6 N–H and O–H groups in total. The average Bonchev–Trinajstić information content (AvgIpc) is 2.86. The number of non-ortho nitro benzene ring substituents is 1. The molecule has 5 rings (SSSR count). The third kappa shape index (κ3) is 3.56. The van der Waals surface area contributed by atoms with E-state index >= 15 is 0 Å². The maximum atomic E-state index is 13.9. The Balaban J connectivity index is 1.71. The molecule has 202 valence electrons. The number of ketones is 2. The van der Waals surface area contributed by atoms with E-state index in [0.29, 0.717) is 16.7 Å². The Kier molecular flexibility index (Phi) is 5.85. The lowest BCUT2D eigenvalue weighted by Crippen LogP contribution is -2.65. The zero-order valence-corrected chi connectivity index (χ0v) is 20.9. The molecule has 12 nitrogen and oxygen atoms in total. The van der Waals surface area contributed by atoms with E-state index < -0.39 is 63.0 Å². The summed E-state index contributed by atoms with van der Waals surface area (Å²) in [5.74, 6) is -7.24. The van der Waals surface area contributed by atoms with Crippen molar-refractivity contribution >= 4 is 28.9 Å². The van der Waals surface area contributed by atoms with Crippen LogP contribution in [0.15, 0.2) is 53.3 Å². The van der Waals surface area contributed by atoms with Gasteiger partial charge in [0.05, 0.1) is 16.5 Å². The van der Waals surface area contributed by atoms with Gasteiger partial charge < -0.3 is 26.2 Å². The maximum Gasteiger partial charge on any atom is 0.269 e. The minimum Gasteiger partial charge on any atom is -0.508 e. The fourth-order valence-electron chi connectivity index (χ4n) is 6.28. The number of carbonyl (C=O) groups is 3. The Morgan fingerprint density at radius 1 is 1.10 bits per heavy atom. The molecule has 3 aliphatic rings. The van der Waals surface area contributed by atoms with Crippen LogP contribution in [0.2, 0.25) is 0 Å². The van der Waals surface area contributed by atoms with Crippen LogP contribution < -0.4 is 5.73 Å². The molecule has 0 aliphatic heterocycles. The quantitative estimate of drug-likeness (QED) is 0.217. The van der Waals surface area contributed by atoms with Gasteiger partial charge in [0.1, 0.15) is 22.8 Å². The average molecular weight is 536 g/mol. The molecule has 1 fully saturated rings. The van der Waals surface area contributed by atoms with Gasteiger partial charge in [0.2, 0.25) is 5.78 Å². The monoisotopic (exact) mass is 535 g/mol. The number of nitro groups is 1. The van der Waals surface area contributed by atoms with Gasteiger partial charge in [0.25, 0.3) is 11.6 Å². The van der Waals surface area contributed by atoms with E-state index in [4.69, 9.17) is 5.73 Å². The van der Waals surface area contributed by atoms with Crippen LogP contribution in [0.1, 0.15) is 17.5 Å². The Hall–Kier alpha value is -4.55. The Morgan fingerprint density at radius 3 is 2.31 bits per heavy atom. The molecule has 0 spiro atoms. The summed E-state index contributed by atoms with van der Waals surface area (Å²) in [6.45, 7) is 0. The SMILES string of the molecule is CN(C)[C@H]1C(=O)C(C(N)=O)=C(O)[C@]2(O)C(=O)C3=C(O)c4c(O)ccc(-c5ccc([N+](=O)[O-])cc5)c4C[C@@H]3C[C@H]12. The van der Waals surface area contributed by atoms with Crippen molar-refractivity contribution in [3.8, 4) is 16.9 Å². The smallest absolute Gasteiger partial charge is 0.269 e. The number of primary amides is 1. The van der Waals surface area contributed by atoms with Gasteiger partial charge in [-0.2, -0.15) is 0 Å². The second-order valence-electron chi connectivity index (χ2n) is 10.3. The number of amides is 1. The summed E-state index contributed by atoms with van der Waals surface area (Å²) < 4.78 is 0. The molecule has 1 amide bonds. The number of carbonyl (C=O) groups excluding carboxylic acids is 3. The molecule has 12 heteroatoms. The summed E-state index contributed by atoms with van der Waals surface area (Å²) in [7, 11) is 3.05. The third-order valence-electron chi connectivity index (χ3n) is 7.99. The minimum absolute atomic E-state index is 0.0406. The highest BCUT2D eigenvalue weighted by molar-refractivity contribution is 6.24. The van der Waals surface area contributed by atoms with E-state index in [-0.39, 0.29) is 35.4 Å². The summed E-state index contributed by atoms with van der Waals surface area (Å²) >= 11 is 0.